The number of H-pyrrole nitrogens is 1. The summed E-state index contributed by atoms with van der Waals surface area (Å²) < 4.78 is 0. The zero-order valence-corrected chi connectivity index (χ0v) is 11.4. The molecule has 0 fully saturated rings. The smallest absolute Gasteiger partial charge is 0.126 e. The minimum absolute atomic E-state index is 0.103. The Morgan fingerprint density at radius 1 is 1.33 bits per heavy atom. The minimum atomic E-state index is -0.618. The molecule has 0 saturated heterocycles. The SMILES string of the molecule is CC(O)C(N)c1nc2ccc(C(C)(C)C)cc2[nH]1. The number of hydrogen-bond acceptors (Lipinski definition) is 3. The third-order valence-corrected chi connectivity index (χ3v) is 3.20. The molecule has 0 aliphatic heterocycles. The molecule has 0 amide bonds. The van der Waals surface area contributed by atoms with Crippen molar-refractivity contribution in [3.63, 3.8) is 0 Å². The first kappa shape index (κ1) is 13.1. The number of aromatic amines is 1. The van der Waals surface area contributed by atoms with Gasteiger partial charge in [0.05, 0.1) is 23.2 Å². The molecule has 4 nitrogen and oxygen atoms in total. The Kier molecular flexibility index (Phi) is 3.17. The van der Waals surface area contributed by atoms with E-state index in [0.29, 0.717) is 5.82 Å². The van der Waals surface area contributed by atoms with Crippen molar-refractivity contribution in [3.8, 4) is 0 Å². The second-order valence-corrected chi connectivity index (χ2v) is 5.87. The number of rotatable bonds is 2. The molecule has 0 spiro atoms. The highest BCUT2D eigenvalue weighted by Crippen LogP contribution is 2.26. The predicted molar refractivity (Wildman–Crippen MR) is 73.4 cm³/mol. The van der Waals surface area contributed by atoms with Crippen LogP contribution < -0.4 is 5.73 Å². The third kappa shape index (κ3) is 2.40. The molecule has 2 atom stereocenters. The van der Waals surface area contributed by atoms with Crippen LogP contribution in [0.1, 0.15) is 45.1 Å². The highest BCUT2D eigenvalue weighted by Gasteiger charge is 2.18. The number of aliphatic hydroxyl groups excluding tert-OH is 1. The summed E-state index contributed by atoms with van der Waals surface area (Å²) in [6, 6.07) is 5.70. The lowest BCUT2D eigenvalue weighted by Gasteiger charge is -2.18. The molecule has 2 rings (SSSR count). The van der Waals surface area contributed by atoms with Gasteiger partial charge in [-0.3, -0.25) is 0 Å². The summed E-state index contributed by atoms with van der Waals surface area (Å²) in [5.41, 5.74) is 9.08. The molecule has 0 radical (unpaired) electrons. The number of imidazole rings is 1. The number of nitrogens with two attached hydrogens (primary N) is 1. The molecule has 0 bridgehead atoms. The van der Waals surface area contributed by atoms with Crippen molar-refractivity contribution in [2.45, 2.75) is 45.3 Å². The van der Waals surface area contributed by atoms with E-state index >= 15 is 0 Å². The Morgan fingerprint density at radius 3 is 2.56 bits per heavy atom. The maximum atomic E-state index is 9.50. The first-order valence-electron chi connectivity index (χ1n) is 6.23. The van der Waals surface area contributed by atoms with E-state index in [1.54, 1.807) is 6.92 Å². The van der Waals surface area contributed by atoms with Gasteiger partial charge >= 0.3 is 0 Å². The topological polar surface area (TPSA) is 74.9 Å². The molecule has 1 heterocycles. The van der Waals surface area contributed by atoms with Gasteiger partial charge in [-0.15, -0.1) is 0 Å². The fourth-order valence-electron chi connectivity index (χ4n) is 1.88. The Balaban J connectivity index is 2.46. The quantitative estimate of drug-likeness (QED) is 0.762. The van der Waals surface area contributed by atoms with Crippen molar-refractivity contribution in [2.75, 3.05) is 0 Å². The van der Waals surface area contributed by atoms with Crippen LogP contribution in [-0.2, 0) is 5.41 Å². The summed E-state index contributed by atoms with van der Waals surface area (Å²) in [7, 11) is 0. The molecule has 4 N–H and O–H groups in total. The fraction of sp³-hybridized carbons (Fsp3) is 0.500. The number of fused-ring (bicyclic) bond motifs is 1. The summed E-state index contributed by atoms with van der Waals surface area (Å²) in [6.45, 7) is 8.19. The number of aromatic nitrogens is 2. The average Bonchev–Trinajstić information content (AvgIpc) is 2.68. The van der Waals surface area contributed by atoms with E-state index < -0.39 is 12.1 Å². The minimum Gasteiger partial charge on any atom is -0.391 e. The summed E-state index contributed by atoms with van der Waals surface area (Å²) in [5.74, 6) is 0.631. The molecule has 4 heteroatoms. The van der Waals surface area contributed by atoms with Gasteiger partial charge in [-0.1, -0.05) is 26.8 Å². The Labute approximate surface area is 107 Å². The van der Waals surface area contributed by atoms with E-state index in [2.05, 4.69) is 42.9 Å². The Bertz CT molecular complexity index is 552. The van der Waals surface area contributed by atoms with E-state index in [9.17, 15) is 5.11 Å². The monoisotopic (exact) mass is 247 g/mol. The van der Waals surface area contributed by atoms with E-state index in [4.69, 9.17) is 5.73 Å². The molecule has 1 aromatic heterocycles. The lowest BCUT2D eigenvalue weighted by molar-refractivity contribution is 0.161. The normalized spacial score (nSPS) is 15.9. The molecule has 98 valence electrons. The van der Waals surface area contributed by atoms with Gasteiger partial charge in [0.2, 0.25) is 0 Å². The number of benzene rings is 1. The van der Waals surface area contributed by atoms with Gasteiger partial charge in [-0.2, -0.15) is 0 Å². The maximum Gasteiger partial charge on any atom is 0.126 e. The standard InChI is InChI=1S/C14H21N3O/c1-8(18)12(15)13-16-10-6-5-9(14(2,3)4)7-11(10)17-13/h5-8,12,18H,15H2,1-4H3,(H,16,17). The van der Waals surface area contributed by atoms with Crippen LogP contribution in [0.5, 0.6) is 0 Å². The molecule has 2 aromatic rings. The summed E-state index contributed by atoms with van der Waals surface area (Å²) in [6.07, 6.45) is -0.618. The number of aliphatic hydroxyl groups is 1. The van der Waals surface area contributed by atoms with Crippen LogP contribution >= 0.6 is 0 Å². The van der Waals surface area contributed by atoms with E-state index in [0.717, 1.165) is 11.0 Å². The lowest BCUT2D eigenvalue weighted by Crippen LogP contribution is -2.24. The second-order valence-electron chi connectivity index (χ2n) is 5.87. The zero-order valence-electron chi connectivity index (χ0n) is 11.4. The lowest BCUT2D eigenvalue weighted by atomic mass is 9.87. The van der Waals surface area contributed by atoms with Crippen molar-refractivity contribution >= 4 is 11.0 Å². The van der Waals surface area contributed by atoms with Crippen LogP contribution in [-0.4, -0.2) is 21.2 Å². The summed E-state index contributed by atoms with van der Waals surface area (Å²) in [5, 5.41) is 9.50. The number of hydrogen-bond donors (Lipinski definition) is 3. The van der Waals surface area contributed by atoms with Gasteiger partial charge in [0.1, 0.15) is 5.82 Å². The van der Waals surface area contributed by atoms with Crippen LogP contribution in [0.4, 0.5) is 0 Å². The molecule has 0 saturated carbocycles. The molecular weight excluding hydrogens is 226 g/mol. The van der Waals surface area contributed by atoms with Gasteiger partial charge in [0.15, 0.2) is 0 Å². The zero-order chi connectivity index (χ0) is 13.5. The second kappa shape index (κ2) is 4.37. The first-order valence-corrected chi connectivity index (χ1v) is 6.23. The highest BCUT2D eigenvalue weighted by atomic mass is 16.3. The fourth-order valence-corrected chi connectivity index (χ4v) is 1.88. The van der Waals surface area contributed by atoms with Crippen molar-refractivity contribution in [1.82, 2.24) is 9.97 Å². The first-order chi connectivity index (χ1) is 8.29. The molecular formula is C14H21N3O. The predicted octanol–water partition coefficient (Wildman–Crippen LogP) is 2.24. The Hall–Kier alpha value is -1.39. The highest BCUT2D eigenvalue weighted by molar-refractivity contribution is 5.76. The molecule has 2 unspecified atom stereocenters. The van der Waals surface area contributed by atoms with Gasteiger partial charge < -0.3 is 15.8 Å². The molecule has 18 heavy (non-hydrogen) atoms. The van der Waals surface area contributed by atoms with Crippen LogP contribution in [0.25, 0.3) is 11.0 Å². The maximum absolute atomic E-state index is 9.50. The van der Waals surface area contributed by atoms with E-state index in [1.807, 2.05) is 6.07 Å². The summed E-state index contributed by atoms with van der Waals surface area (Å²) in [4.78, 5) is 7.61. The van der Waals surface area contributed by atoms with Crippen molar-refractivity contribution in [1.29, 1.82) is 0 Å². The summed E-state index contributed by atoms with van der Waals surface area (Å²) >= 11 is 0. The molecule has 0 aliphatic carbocycles. The molecule has 1 aromatic carbocycles. The number of nitrogens with one attached hydrogen (secondary N) is 1. The van der Waals surface area contributed by atoms with Crippen molar-refractivity contribution in [3.05, 3.63) is 29.6 Å². The van der Waals surface area contributed by atoms with Gasteiger partial charge in [-0.05, 0) is 30.0 Å². The molecule has 0 aliphatic rings. The van der Waals surface area contributed by atoms with E-state index in [1.165, 1.54) is 5.56 Å². The van der Waals surface area contributed by atoms with Crippen LogP contribution in [0.3, 0.4) is 0 Å². The average molecular weight is 247 g/mol. The van der Waals surface area contributed by atoms with Gasteiger partial charge in [-0.25, -0.2) is 4.98 Å². The van der Waals surface area contributed by atoms with Crippen LogP contribution in [0.15, 0.2) is 18.2 Å². The van der Waals surface area contributed by atoms with Gasteiger partial charge in [0, 0.05) is 0 Å². The largest absolute Gasteiger partial charge is 0.391 e. The third-order valence-electron chi connectivity index (χ3n) is 3.20. The van der Waals surface area contributed by atoms with Crippen LogP contribution in [0.2, 0.25) is 0 Å². The van der Waals surface area contributed by atoms with Crippen LogP contribution in [0, 0.1) is 0 Å². The van der Waals surface area contributed by atoms with Crippen molar-refractivity contribution < 1.29 is 5.11 Å². The van der Waals surface area contributed by atoms with E-state index in [-0.39, 0.29) is 5.41 Å². The Morgan fingerprint density at radius 2 is 2.00 bits per heavy atom. The van der Waals surface area contributed by atoms with Gasteiger partial charge in [0.25, 0.3) is 0 Å². The van der Waals surface area contributed by atoms with Crippen molar-refractivity contribution in [2.24, 2.45) is 5.73 Å². The number of nitrogens with zero attached hydrogens (tertiary/aromatic N) is 1.